The van der Waals surface area contributed by atoms with Crippen LogP contribution in [0.5, 0.6) is 0 Å². The number of anilines is 1. The number of carboxylic acids is 1. The topological polar surface area (TPSA) is 178 Å². The summed E-state index contributed by atoms with van der Waals surface area (Å²) >= 11 is 0. The fourth-order valence-electron chi connectivity index (χ4n) is 5.22. The second kappa shape index (κ2) is 18.2. The summed E-state index contributed by atoms with van der Waals surface area (Å²) in [4.78, 5) is 80.7. The van der Waals surface area contributed by atoms with Crippen LogP contribution in [0.15, 0.2) is 12.4 Å². The first-order chi connectivity index (χ1) is 23.4. The van der Waals surface area contributed by atoms with Crippen LogP contribution in [0.1, 0.15) is 53.5 Å². The molecule has 0 aromatic carbocycles. The number of aromatic nitrogens is 2. The van der Waals surface area contributed by atoms with E-state index in [2.05, 4.69) is 14.9 Å². The fourth-order valence-corrected chi connectivity index (χ4v) is 5.22. The Bertz CT molecular complexity index is 1270. The molecule has 1 aromatic rings. The van der Waals surface area contributed by atoms with E-state index in [9.17, 15) is 24.0 Å². The number of likely N-dealkylation sites (N-methyl/N-ethyl adjacent to an activating group) is 1. The summed E-state index contributed by atoms with van der Waals surface area (Å²) in [5.74, 6) is -0.531. The van der Waals surface area contributed by atoms with Gasteiger partial charge in [-0.15, -0.1) is 0 Å². The number of ether oxygens (including phenoxy) is 3. The number of piperazine rings is 2. The molecular formula is C33H54N8O9. The third-order valence-corrected chi connectivity index (χ3v) is 7.72. The van der Waals surface area contributed by atoms with Gasteiger partial charge in [0.1, 0.15) is 11.2 Å². The lowest BCUT2D eigenvalue weighted by molar-refractivity contribution is -0.139. The number of carboxylic acid groups (broad SMARTS) is 1. The molecule has 2 fully saturated rings. The molecule has 2 aliphatic rings. The van der Waals surface area contributed by atoms with Crippen molar-refractivity contribution in [1.82, 2.24) is 34.5 Å². The SMILES string of the molecule is CN(CC(=O)O)CC(=O)N1CCN(CCOCCC(=O)N2CCN(c3ncc(CN(C(=O)OC(C)(C)C)C(=O)OC(C)(C)C)cn3)CC2)CC1. The number of carbonyl (C=O) groups is 5. The van der Waals surface area contributed by atoms with Gasteiger partial charge in [-0.2, -0.15) is 0 Å². The van der Waals surface area contributed by atoms with E-state index in [0.717, 1.165) is 4.90 Å². The minimum atomic E-state index is -0.963. The zero-order chi connectivity index (χ0) is 37.1. The van der Waals surface area contributed by atoms with E-state index in [1.165, 1.54) is 4.90 Å². The quantitative estimate of drug-likeness (QED) is 0.291. The molecule has 0 unspecified atom stereocenters. The molecule has 2 aliphatic heterocycles. The summed E-state index contributed by atoms with van der Waals surface area (Å²) in [7, 11) is 1.61. The summed E-state index contributed by atoms with van der Waals surface area (Å²) in [6, 6.07) is 0. The van der Waals surface area contributed by atoms with Gasteiger partial charge >= 0.3 is 18.2 Å². The molecule has 0 aliphatic carbocycles. The average Bonchev–Trinajstić information content (AvgIpc) is 3.02. The van der Waals surface area contributed by atoms with E-state index < -0.39 is 29.4 Å². The Morgan fingerprint density at radius 2 is 1.28 bits per heavy atom. The van der Waals surface area contributed by atoms with Gasteiger partial charge in [0.2, 0.25) is 17.8 Å². The monoisotopic (exact) mass is 706 g/mol. The fraction of sp³-hybridized carbons (Fsp3) is 0.727. The number of hydrogen-bond acceptors (Lipinski definition) is 13. The lowest BCUT2D eigenvalue weighted by Crippen LogP contribution is -2.51. The van der Waals surface area contributed by atoms with Crippen LogP contribution >= 0.6 is 0 Å². The van der Waals surface area contributed by atoms with Crippen molar-refractivity contribution in [2.45, 2.75) is 65.7 Å². The van der Waals surface area contributed by atoms with Crippen molar-refractivity contribution >= 4 is 35.9 Å². The van der Waals surface area contributed by atoms with E-state index in [1.807, 2.05) is 4.90 Å². The molecule has 50 heavy (non-hydrogen) atoms. The summed E-state index contributed by atoms with van der Waals surface area (Å²) < 4.78 is 16.6. The van der Waals surface area contributed by atoms with Crippen LogP contribution in [0.2, 0.25) is 0 Å². The molecule has 280 valence electrons. The Morgan fingerprint density at radius 3 is 1.80 bits per heavy atom. The van der Waals surface area contributed by atoms with Crippen LogP contribution in [-0.4, -0.2) is 173 Å². The molecule has 3 rings (SSSR count). The van der Waals surface area contributed by atoms with Crippen molar-refractivity contribution in [3.63, 3.8) is 0 Å². The van der Waals surface area contributed by atoms with Crippen molar-refractivity contribution in [1.29, 1.82) is 0 Å². The van der Waals surface area contributed by atoms with Crippen molar-refractivity contribution in [2.24, 2.45) is 0 Å². The first-order valence-corrected chi connectivity index (χ1v) is 17.0. The molecule has 0 spiro atoms. The van der Waals surface area contributed by atoms with E-state index in [-0.39, 0.29) is 37.9 Å². The summed E-state index contributed by atoms with van der Waals surface area (Å²) in [6.07, 6.45) is 1.74. The number of carbonyl (C=O) groups excluding carboxylic acids is 4. The van der Waals surface area contributed by atoms with Crippen molar-refractivity contribution < 1.29 is 43.3 Å². The Labute approximate surface area is 294 Å². The van der Waals surface area contributed by atoms with E-state index in [1.54, 1.807) is 70.8 Å². The number of aliphatic carboxylic acids is 1. The van der Waals surface area contributed by atoms with Crippen LogP contribution < -0.4 is 4.90 Å². The Balaban J connectivity index is 1.35. The van der Waals surface area contributed by atoms with Crippen molar-refractivity contribution in [3.8, 4) is 0 Å². The highest BCUT2D eigenvalue weighted by atomic mass is 16.6. The first kappa shape index (κ1) is 40.3. The molecule has 2 saturated heterocycles. The largest absolute Gasteiger partial charge is 0.480 e. The van der Waals surface area contributed by atoms with Gasteiger partial charge in [-0.25, -0.2) is 24.5 Å². The average molecular weight is 707 g/mol. The highest BCUT2D eigenvalue weighted by Crippen LogP contribution is 2.18. The zero-order valence-electron chi connectivity index (χ0n) is 30.6. The molecular weight excluding hydrogens is 652 g/mol. The van der Waals surface area contributed by atoms with Gasteiger partial charge in [0.15, 0.2) is 0 Å². The Hall–Kier alpha value is -4.09. The van der Waals surface area contributed by atoms with Crippen molar-refractivity contribution in [2.75, 3.05) is 97.2 Å². The van der Waals surface area contributed by atoms with Gasteiger partial charge in [0, 0.05) is 76.9 Å². The first-order valence-electron chi connectivity index (χ1n) is 17.0. The molecule has 0 bridgehead atoms. The third kappa shape index (κ3) is 14.0. The normalized spacial score (nSPS) is 16.0. The van der Waals surface area contributed by atoms with Crippen LogP contribution in [0.3, 0.4) is 0 Å². The predicted octanol–water partition coefficient (Wildman–Crippen LogP) is 1.36. The molecule has 4 amide bonds. The van der Waals surface area contributed by atoms with Crippen LogP contribution in [-0.2, 0) is 35.1 Å². The van der Waals surface area contributed by atoms with Gasteiger partial charge in [-0.1, -0.05) is 0 Å². The van der Waals surface area contributed by atoms with Gasteiger partial charge in [-0.3, -0.25) is 24.2 Å². The molecule has 0 saturated carbocycles. The molecule has 0 atom stereocenters. The van der Waals surface area contributed by atoms with Crippen LogP contribution in [0, 0.1) is 0 Å². The highest BCUT2D eigenvalue weighted by Gasteiger charge is 2.32. The Kier molecular flexibility index (Phi) is 14.7. The lowest BCUT2D eigenvalue weighted by atomic mass is 10.2. The maximum absolute atomic E-state index is 12.8. The number of rotatable bonds is 13. The van der Waals surface area contributed by atoms with E-state index in [4.69, 9.17) is 19.3 Å². The van der Waals surface area contributed by atoms with Gasteiger partial charge in [0.05, 0.1) is 39.3 Å². The minimum Gasteiger partial charge on any atom is -0.480 e. The second-order valence-corrected chi connectivity index (χ2v) is 14.5. The van der Waals surface area contributed by atoms with Gasteiger partial charge < -0.3 is 34.0 Å². The summed E-state index contributed by atoms with van der Waals surface area (Å²) in [5, 5.41) is 8.86. The molecule has 1 aromatic heterocycles. The van der Waals surface area contributed by atoms with Crippen LogP contribution in [0.25, 0.3) is 0 Å². The number of imide groups is 1. The Morgan fingerprint density at radius 1 is 0.760 bits per heavy atom. The smallest absolute Gasteiger partial charge is 0.420 e. The molecule has 17 nitrogen and oxygen atoms in total. The number of nitrogens with zero attached hydrogens (tertiary/aromatic N) is 8. The zero-order valence-corrected chi connectivity index (χ0v) is 30.6. The molecule has 1 N–H and O–H groups in total. The second-order valence-electron chi connectivity index (χ2n) is 14.5. The maximum Gasteiger partial charge on any atom is 0.420 e. The van der Waals surface area contributed by atoms with Gasteiger partial charge in [0.25, 0.3) is 0 Å². The summed E-state index contributed by atoms with van der Waals surface area (Å²) in [5.41, 5.74) is -1.08. The third-order valence-electron chi connectivity index (χ3n) is 7.72. The van der Waals surface area contributed by atoms with Crippen LogP contribution in [0.4, 0.5) is 15.5 Å². The highest BCUT2D eigenvalue weighted by molar-refractivity contribution is 5.88. The standard InChI is InChI=1S/C33H54N8O9/c1-32(2,3)49-30(46)41(31(47)50-33(4,5)6)22-25-20-34-29(35-21-25)40-15-13-38(14-16-40)26(42)8-18-48-19-17-37-9-11-39(12-10-37)27(43)23-36(7)24-28(44)45/h20-21H,8-19,22-24H2,1-7H3,(H,44,45). The van der Waals surface area contributed by atoms with E-state index in [0.29, 0.717) is 83.6 Å². The summed E-state index contributed by atoms with van der Waals surface area (Å²) in [6.45, 7) is 16.3. The molecule has 3 heterocycles. The predicted molar refractivity (Wildman–Crippen MR) is 182 cm³/mol. The lowest BCUT2D eigenvalue weighted by Gasteiger charge is -2.35. The molecule has 0 radical (unpaired) electrons. The number of amides is 4. The maximum atomic E-state index is 12.8. The van der Waals surface area contributed by atoms with Gasteiger partial charge in [-0.05, 0) is 48.6 Å². The molecule has 17 heteroatoms. The van der Waals surface area contributed by atoms with Crippen molar-refractivity contribution in [3.05, 3.63) is 18.0 Å². The minimum absolute atomic E-state index is 0.0188. The number of hydrogen-bond donors (Lipinski definition) is 1. The van der Waals surface area contributed by atoms with E-state index >= 15 is 0 Å².